The van der Waals surface area contributed by atoms with Gasteiger partial charge in [0.2, 0.25) is 0 Å². The summed E-state index contributed by atoms with van der Waals surface area (Å²) in [6, 6.07) is 8.56. The first-order valence-corrected chi connectivity index (χ1v) is 7.28. The largest absolute Gasteiger partial charge is 1.00 e. The van der Waals surface area contributed by atoms with Crippen LogP contribution in [-0.4, -0.2) is 19.2 Å². The predicted molar refractivity (Wildman–Crippen MR) is 66.9 cm³/mol. The van der Waals surface area contributed by atoms with E-state index in [4.69, 9.17) is 13.0 Å². The Balaban J connectivity index is 0.000000373. The second kappa shape index (κ2) is 6.57. The third kappa shape index (κ3) is 5.71. The van der Waals surface area contributed by atoms with E-state index >= 15 is 0 Å². The Labute approximate surface area is 118 Å². The van der Waals surface area contributed by atoms with Gasteiger partial charge in [0.25, 0.3) is 0 Å². The van der Waals surface area contributed by atoms with E-state index in [2.05, 4.69) is 38.1 Å². The van der Waals surface area contributed by atoms with Crippen LogP contribution in [0.1, 0.15) is 10.4 Å². The minimum absolute atomic E-state index is 0. The van der Waals surface area contributed by atoms with Crippen LogP contribution in [0, 0.1) is 13.8 Å². The van der Waals surface area contributed by atoms with Gasteiger partial charge in [0.05, 0.1) is 10.1 Å². The van der Waals surface area contributed by atoms with Crippen molar-refractivity contribution in [3.8, 4) is 0 Å². The molecule has 0 radical (unpaired) electrons. The van der Waals surface area contributed by atoms with Crippen LogP contribution in [0.2, 0.25) is 0 Å². The molecular weight excluding hydrogens is 251 g/mol. The van der Waals surface area contributed by atoms with Crippen LogP contribution in [0.3, 0.4) is 0 Å². The Bertz CT molecular complexity index is 580. The van der Waals surface area contributed by atoms with Crippen molar-refractivity contribution in [1.29, 1.82) is 0 Å². The fourth-order valence-electron chi connectivity index (χ4n) is 1.30. The molecule has 6 heteroatoms. The predicted octanol–water partition coefficient (Wildman–Crippen LogP) is -0.316. The van der Waals surface area contributed by atoms with Crippen molar-refractivity contribution >= 4 is 31.5 Å². The van der Waals surface area contributed by atoms with E-state index in [1.165, 1.54) is 20.5 Å². The summed E-state index contributed by atoms with van der Waals surface area (Å²) in [4.78, 5) is 1.44. The third-order valence-corrected chi connectivity index (χ3v) is 3.27. The first-order chi connectivity index (χ1) is 7.29. The summed E-state index contributed by atoms with van der Waals surface area (Å²) in [6.07, 6.45) is 0.604. The van der Waals surface area contributed by atoms with Crippen LogP contribution < -0.4 is 18.9 Å². The molecule has 0 bridgehead atoms. The molecule has 0 unspecified atom stereocenters. The number of hydrogen-bond acceptors (Lipinski definition) is 4. The van der Waals surface area contributed by atoms with E-state index in [1.54, 1.807) is 0 Å². The topological polar surface area (TPSA) is 57.2 Å². The zero-order valence-corrected chi connectivity index (χ0v) is 12.0. The summed E-state index contributed by atoms with van der Waals surface area (Å²) in [6.45, 7) is 4.37. The van der Waals surface area contributed by atoms with Gasteiger partial charge in [0.15, 0.2) is 0 Å². The van der Waals surface area contributed by atoms with Gasteiger partial charge >= 0.3 is 18.9 Å². The van der Waals surface area contributed by atoms with Gasteiger partial charge in [-0.3, -0.25) is 0 Å². The van der Waals surface area contributed by atoms with E-state index in [9.17, 15) is 0 Å². The van der Waals surface area contributed by atoms with Gasteiger partial charge in [-0.1, -0.05) is 18.2 Å². The van der Waals surface area contributed by atoms with Crippen molar-refractivity contribution < 1.29 is 31.8 Å². The van der Waals surface area contributed by atoms with E-state index in [0.29, 0.717) is 6.26 Å². The summed E-state index contributed by atoms with van der Waals surface area (Å²) < 4.78 is 28.6. The Morgan fingerprint density at radius 1 is 1.18 bits per heavy atom. The summed E-state index contributed by atoms with van der Waals surface area (Å²) >= 11 is 1.88. The average Bonchev–Trinajstić information content (AvgIpc) is 2.41. The standard InChI is InChI=1S/C10H10S.CH4O3S.Li/c1-7-8(2)11-10-6-4-3-5-9(7)10;1-5(2,3)4;/h3-6H,1-2H3;1H3,(H,2,3,4);/q;;+1/p-1. The molecule has 0 saturated carbocycles. The van der Waals surface area contributed by atoms with Gasteiger partial charge in [0, 0.05) is 15.8 Å². The SMILES string of the molecule is CS(=O)(=O)[O-].Cc1sc2ccccc2c1C.[Li+]. The average molecular weight is 264 g/mol. The number of benzene rings is 1. The molecule has 88 valence electrons. The van der Waals surface area contributed by atoms with Gasteiger partial charge in [-0.15, -0.1) is 11.3 Å². The summed E-state index contributed by atoms with van der Waals surface area (Å²) in [5.41, 5.74) is 1.44. The first-order valence-electron chi connectivity index (χ1n) is 4.64. The Morgan fingerprint density at radius 2 is 1.65 bits per heavy atom. The second-order valence-corrected chi connectivity index (χ2v) is 6.15. The van der Waals surface area contributed by atoms with Gasteiger partial charge in [0.1, 0.15) is 0 Å². The van der Waals surface area contributed by atoms with Gasteiger partial charge < -0.3 is 4.55 Å². The van der Waals surface area contributed by atoms with Crippen molar-refractivity contribution in [3.63, 3.8) is 0 Å². The molecule has 0 amide bonds. The summed E-state index contributed by atoms with van der Waals surface area (Å²) in [5.74, 6) is 0. The zero-order valence-electron chi connectivity index (χ0n) is 10.4. The number of fused-ring (bicyclic) bond motifs is 1. The smallest absolute Gasteiger partial charge is 0.748 e. The molecule has 17 heavy (non-hydrogen) atoms. The molecule has 0 atom stereocenters. The third-order valence-electron chi connectivity index (χ3n) is 2.08. The molecule has 2 aromatic rings. The number of aryl methyl sites for hydroxylation is 2. The van der Waals surface area contributed by atoms with Crippen LogP contribution >= 0.6 is 11.3 Å². The number of rotatable bonds is 0. The molecule has 0 aliphatic rings. The van der Waals surface area contributed by atoms with Gasteiger partial charge in [-0.25, -0.2) is 8.42 Å². The molecule has 1 aromatic heterocycles. The molecule has 0 saturated heterocycles. The van der Waals surface area contributed by atoms with Gasteiger partial charge in [-0.05, 0) is 30.9 Å². The first kappa shape index (κ1) is 16.7. The second-order valence-electron chi connectivity index (χ2n) is 3.48. The molecule has 0 spiro atoms. The monoisotopic (exact) mass is 264 g/mol. The van der Waals surface area contributed by atoms with Crippen molar-refractivity contribution in [2.45, 2.75) is 13.8 Å². The van der Waals surface area contributed by atoms with Crippen molar-refractivity contribution in [1.82, 2.24) is 0 Å². The van der Waals surface area contributed by atoms with E-state index in [1.807, 2.05) is 11.3 Å². The van der Waals surface area contributed by atoms with Gasteiger partial charge in [-0.2, -0.15) is 0 Å². The van der Waals surface area contributed by atoms with Crippen LogP contribution in [0.15, 0.2) is 24.3 Å². The summed E-state index contributed by atoms with van der Waals surface area (Å²) in [7, 11) is -3.92. The minimum Gasteiger partial charge on any atom is -0.748 e. The van der Waals surface area contributed by atoms with Crippen LogP contribution in [0.5, 0.6) is 0 Å². The molecule has 1 heterocycles. The molecule has 0 aliphatic carbocycles. The maximum absolute atomic E-state index is 9.08. The maximum atomic E-state index is 9.08. The normalized spacial score (nSPS) is 10.4. The van der Waals surface area contributed by atoms with E-state index in [-0.39, 0.29) is 18.9 Å². The number of hydrogen-bond donors (Lipinski definition) is 0. The Kier molecular flexibility index (Phi) is 6.45. The molecule has 3 nitrogen and oxygen atoms in total. The van der Waals surface area contributed by atoms with Crippen molar-refractivity contribution in [2.24, 2.45) is 0 Å². The molecule has 0 fully saturated rings. The van der Waals surface area contributed by atoms with Crippen LogP contribution in [0.25, 0.3) is 10.1 Å². The Morgan fingerprint density at radius 3 is 2.12 bits per heavy atom. The van der Waals surface area contributed by atoms with Crippen molar-refractivity contribution in [2.75, 3.05) is 6.26 Å². The summed E-state index contributed by atoms with van der Waals surface area (Å²) in [5, 5.41) is 1.41. The van der Waals surface area contributed by atoms with Crippen LogP contribution in [0.4, 0.5) is 0 Å². The fraction of sp³-hybridized carbons (Fsp3) is 0.273. The zero-order chi connectivity index (χ0) is 12.3. The molecular formula is C11H13LiO3S2. The van der Waals surface area contributed by atoms with Crippen molar-refractivity contribution in [3.05, 3.63) is 34.7 Å². The van der Waals surface area contributed by atoms with E-state index in [0.717, 1.165) is 0 Å². The fourth-order valence-corrected chi connectivity index (χ4v) is 2.37. The van der Waals surface area contributed by atoms with E-state index < -0.39 is 10.1 Å². The van der Waals surface area contributed by atoms with Crippen LogP contribution in [-0.2, 0) is 10.1 Å². The molecule has 1 aromatic carbocycles. The quantitative estimate of drug-likeness (QED) is 0.484. The molecule has 0 aliphatic heterocycles. The number of thiophene rings is 1. The molecule has 0 N–H and O–H groups in total. The maximum Gasteiger partial charge on any atom is 1.00 e. The Hall–Kier alpha value is -0.313. The minimum atomic E-state index is -3.92. The molecule has 2 rings (SSSR count).